The van der Waals surface area contributed by atoms with E-state index in [0.717, 1.165) is 6.42 Å². The first kappa shape index (κ1) is 14.0. The molecule has 4 heteroatoms. The third-order valence-electron chi connectivity index (χ3n) is 3.82. The molecule has 1 aliphatic heterocycles. The molecule has 1 amide bonds. The maximum absolute atomic E-state index is 12.1. The van der Waals surface area contributed by atoms with Crippen LogP contribution in [0, 0.1) is 11.3 Å². The number of likely N-dealkylation sites (tertiary alicyclic amines) is 1. The number of rotatable bonds is 3. The average molecular weight is 241 g/mol. The van der Waals surface area contributed by atoms with E-state index in [9.17, 15) is 9.59 Å². The van der Waals surface area contributed by atoms with E-state index in [0.29, 0.717) is 19.4 Å². The smallest absolute Gasteiger partial charge is 0.326 e. The Morgan fingerprint density at radius 2 is 2.00 bits per heavy atom. The van der Waals surface area contributed by atoms with Crippen molar-refractivity contribution in [3.8, 4) is 0 Å². The van der Waals surface area contributed by atoms with Crippen LogP contribution < -0.4 is 0 Å². The molecule has 0 radical (unpaired) electrons. The number of carbonyl (C=O) groups excluding carboxylic acids is 1. The van der Waals surface area contributed by atoms with E-state index in [1.807, 2.05) is 6.92 Å². The van der Waals surface area contributed by atoms with Crippen molar-refractivity contribution in [1.29, 1.82) is 0 Å². The minimum Gasteiger partial charge on any atom is -0.480 e. The number of aliphatic carboxylic acids is 1. The Labute approximate surface area is 103 Å². The van der Waals surface area contributed by atoms with Crippen molar-refractivity contribution < 1.29 is 14.7 Å². The number of carboxylic acids is 1. The molecule has 1 fully saturated rings. The highest BCUT2D eigenvalue weighted by atomic mass is 16.4. The summed E-state index contributed by atoms with van der Waals surface area (Å²) in [5, 5.41) is 9.03. The Balaban J connectivity index is 2.61. The van der Waals surface area contributed by atoms with Crippen molar-refractivity contribution in [2.24, 2.45) is 11.3 Å². The summed E-state index contributed by atoms with van der Waals surface area (Å²) in [5.41, 5.74) is 0.0775. The zero-order chi connectivity index (χ0) is 13.2. The largest absolute Gasteiger partial charge is 0.480 e. The van der Waals surface area contributed by atoms with Gasteiger partial charge in [0.1, 0.15) is 6.04 Å². The molecule has 0 aromatic heterocycles. The Morgan fingerprint density at radius 3 is 2.47 bits per heavy atom. The van der Waals surface area contributed by atoms with Crippen molar-refractivity contribution in [3.63, 3.8) is 0 Å². The summed E-state index contributed by atoms with van der Waals surface area (Å²) in [4.78, 5) is 24.6. The molecular formula is C13H23NO3. The van der Waals surface area contributed by atoms with E-state index in [-0.39, 0.29) is 17.2 Å². The van der Waals surface area contributed by atoms with Gasteiger partial charge in [-0.2, -0.15) is 0 Å². The highest BCUT2D eigenvalue weighted by molar-refractivity contribution is 5.84. The Morgan fingerprint density at radius 1 is 1.41 bits per heavy atom. The third-order valence-corrected chi connectivity index (χ3v) is 3.82. The van der Waals surface area contributed by atoms with Gasteiger partial charge in [0, 0.05) is 13.0 Å². The summed E-state index contributed by atoms with van der Waals surface area (Å²) < 4.78 is 0. The van der Waals surface area contributed by atoms with Crippen LogP contribution in [0.1, 0.15) is 47.0 Å². The number of carbonyl (C=O) groups is 2. The van der Waals surface area contributed by atoms with Crippen LogP contribution in [-0.2, 0) is 9.59 Å². The predicted molar refractivity (Wildman–Crippen MR) is 65.6 cm³/mol. The average Bonchev–Trinajstić information content (AvgIpc) is 2.63. The molecule has 2 unspecified atom stereocenters. The number of hydrogen-bond donors (Lipinski definition) is 1. The lowest BCUT2D eigenvalue weighted by Gasteiger charge is -2.29. The molecule has 1 aliphatic rings. The van der Waals surface area contributed by atoms with Crippen LogP contribution >= 0.6 is 0 Å². The minimum absolute atomic E-state index is 0.0164. The molecule has 0 aromatic rings. The van der Waals surface area contributed by atoms with Gasteiger partial charge in [-0.25, -0.2) is 4.79 Å². The minimum atomic E-state index is -0.876. The maximum Gasteiger partial charge on any atom is 0.326 e. The fourth-order valence-electron chi connectivity index (χ4n) is 2.01. The van der Waals surface area contributed by atoms with Gasteiger partial charge in [0.25, 0.3) is 0 Å². The third kappa shape index (κ3) is 3.45. The molecule has 1 N–H and O–H groups in total. The van der Waals surface area contributed by atoms with E-state index in [4.69, 9.17) is 5.11 Å². The van der Waals surface area contributed by atoms with Crippen molar-refractivity contribution in [2.75, 3.05) is 6.54 Å². The van der Waals surface area contributed by atoms with Crippen molar-refractivity contribution in [3.05, 3.63) is 0 Å². The van der Waals surface area contributed by atoms with Crippen LogP contribution in [0.5, 0.6) is 0 Å². The summed E-state index contributed by atoms with van der Waals surface area (Å²) in [6.07, 6.45) is 1.82. The highest BCUT2D eigenvalue weighted by Gasteiger charge is 2.35. The van der Waals surface area contributed by atoms with Gasteiger partial charge in [-0.05, 0) is 24.2 Å². The molecule has 0 bridgehead atoms. The van der Waals surface area contributed by atoms with E-state index in [1.165, 1.54) is 4.90 Å². The lowest BCUT2D eigenvalue weighted by Crippen LogP contribution is -2.41. The van der Waals surface area contributed by atoms with Crippen LogP contribution in [0.15, 0.2) is 0 Å². The van der Waals surface area contributed by atoms with Crippen LogP contribution in [0.3, 0.4) is 0 Å². The van der Waals surface area contributed by atoms with Gasteiger partial charge < -0.3 is 10.0 Å². The number of amides is 1. The van der Waals surface area contributed by atoms with Crippen LogP contribution in [0.2, 0.25) is 0 Å². The van der Waals surface area contributed by atoms with Gasteiger partial charge in [0.05, 0.1) is 0 Å². The molecule has 1 heterocycles. The van der Waals surface area contributed by atoms with E-state index >= 15 is 0 Å². The fraction of sp³-hybridized carbons (Fsp3) is 0.846. The van der Waals surface area contributed by atoms with Crippen molar-refractivity contribution >= 4 is 11.9 Å². The summed E-state index contributed by atoms with van der Waals surface area (Å²) in [6.45, 7) is 8.94. The van der Waals surface area contributed by atoms with Gasteiger partial charge in [-0.15, -0.1) is 0 Å². The SMILES string of the molecule is CC(CC(=O)N1CCCC1C(=O)O)C(C)(C)C. The first-order chi connectivity index (χ1) is 7.73. The standard InChI is InChI=1S/C13H23NO3/c1-9(13(2,3)4)8-11(15)14-7-5-6-10(14)12(16)17/h9-10H,5-8H2,1-4H3,(H,16,17). The first-order valence-corrected chi connectivity index (χ1v) is 6.25. The van der Waals surface area contributed by atoms with Gasteiger partial charge in [0.15, 0.2) is 0 Å². The summed E-state index contributed by atoms with van der Waals surface area (Å²) in [6, 6.07) is -0.602. The van der Waals surface area contributed by atoms with Gasteiger partial charge in [-0.1, -0.05) is 27.7 Å². The van der Waals surface area contributed by atoms with Crippen molar-refractivity contribution in [2.45, 2.75) is 53.0 Å². The molecule has 1 rings (SSSR count). The molecule has 0 saturated carbocycles. The number of carboxylic acid groups (broad SMARTS) is 1. The Bertz CT molecular complexity index is 306. The second-order valence-electron chi connectivity index (χ2n) is 6.05. The van der Waals surface area contributed by atoms with Gasteiger partial charge in [0.2, 0.25) is 5.91 Å². The normalized spacial score (nSPS) is 22.6. The van der Waals surface area contributed by atoms with Crippen LogP contribution in [0.25, 0.3) is 0 Å². The molecule has 0 spiro atoms. The quantitative estimate of drug-likeness (QED) is 0.823. The molecule has 2 atom stereocenters. The van der Waals surface area contributed by atoms with Crippen molar-refractivity contribution in [1.82, 2.24) is 4.90 Å². The lowest BCUT2D eigenvalue weighted by molar-refractivity contribution is -0.148. The van der Waals surface area contributed by atoms with Gasteiger partial charge >= 0.3 is 5.97 Å². The highest BCUT2D eigenvalue weighted by Crippen LogP contribution is 2.29. The second kappa shape index (κ2) is 5.07. The van der Waals surface area contributed by atoms with E-state index in [2.05, 4.69) is 20.8 Å². The molecular weight excluding hydrogens is 218 g/mol. The molecule has 4 nitrogen and oxygen atoms in total. The summed E-state index contributed by atoms with van der Waals surface area (Å²) in [5.74, 6) is -0.637. The monoisotopic (exact) mass is 241 g/mol. The Hall–Kier alpha value is -1.06. The first-order valence-electron chi connectivity index (χ1n) is 6.25. The number of hydrogen-bond acceptors (Lipinski definition) is 2. The molecule has 0 aromatic carbocycles. The molecule has 98 valence electrons. The topological polar surface area (TPSA) is 57.6 Å². The van der Waals surface area contributed by atoms with Crippen LogP contribution in [0.4, 0.5) is 0 Å². The van der Waals surface area contributed by atoms with E-state index in [1.54, 1.807) is 0 Å². The van der Waals surface area contributed by atoms with Gasteiger partial charge in [-0.3, -0.25) is 4.79 Å². The zero-order valence-electron chi connectivity index (χ0n) is 11.2. The number of nitrogens with zero attached hydrogens (tertiary/aromatic N) is 1. The van der Waals surface area contributed by atoms with Crippen LogP contribution in [-0.4, -0.2) is 34.5 Å². The predicted octanol–water partition coefficient (Wildman–Crippen LogP) is 2.13. The molecule has 1 saturated heterocycles. The van der Waals surface area contributed by atoms with E-state index < -0.39 is 12.0 Å². The lowest BCUT2D eigenvalue weighted by atomic mass is 9.80. The summed E-state index contributed by atoms with van der Waals surface area (Å²) >= 11 is 0. The molecule has 17 heavy (non-hydrogen) atoms. The summed E-state index contributed by atoms with van der Waals surface area (Å²) in [7, 11) is 0. The maximum atomic E-state index is 12.1. The fourth-order valence-corrected chi connectivity index (χ4v) is 2.01. The second-order valence-corrected chi connectivity index (χ2v) is 6.05. The zero-order valence-corrected chi connectivity index (χ0v) is 11.2. The Kier molecular flexibility index (Phi) is 4.17. The molecule has 0 aliphatic carbocycles.